The van der Waals surface area contributed by atoms with Crippen LogP contribution in [0, 0.1) is 5.41 Å². The van der Waals surface area contributed by atoms with E-state index in [2.05, 4.69) is 5.32 Å². The summed E-state index contributed by atoms with van der Waals surface area (Å²) in [5.41, 5.74) is -0.851. The van der Waals surface area contributed by atoms with Gasteiger partial charge in [0.15, 0.2) is 0 Å². The van der Waals surface area contributed by atoms with Crippen molar-refractivity contribution in [2.45, 2.75) is 64.0 Å². The third-order valence-electron chi connectivity index (χ3n) is 5.08. The lowest BCUT2D eigenvalue weighted by Crippen LogP contribution is -2.52. The Kier molecular flexibility index (Phi) is 5.08. The minimum absolute atomic E-state index is 0.144. The van der Waals surface area contributed by atoms with Gasteiger partial charge in [-0.05, 0) is 45.4 Å². The molecule has 0 spiro atoms. The lowest BCUT2D eigenvalue weighted by Gasteiger charge is -2.31. The number of hydrogen-bond donors (Lipinski definition) is 3. The molecule has 1 heterocycles. The number of aliphatic carboxylic acids is 1. The molecule has 6 nitrogen and oxygen atoms in total. The van der Waals surface area contributed by atoms with Crippen LogP contribution in [0.4, 0.5) is 4.79 Å². The van der Waals surface area contributed by atoms with Gasteiger partial charge in [0.25, 0.3) is 0 Å². The molecule has 6 heteroatoms. The van der Waals surface area contributed by atoms with Gasteiger partial charge in [-0.1, -0.05) is 6.42 Å². The molecule has 2 rings (SSSR count). The van der Waals surface area contributed by atoms with Crippen molar-refractivity contribution in [3.05, 3.63) is 0 Å². The van der Waals surface area contributed by atoms with Gasteiger partial charge in [0, 0.05) is 25.2 Å². The lowest BCUT2D eigenvalue weighted by molar-refractivity contribution is -0.148. The summed E-state index contributed by atoms with van der Waals surface area (Å²) >= 11 is 0. The molecular formula is C15H26N2O4. The van der Waals surface area contributed by atoms with Crippen molar-refractivity contribution in [1.29, 1.82) is 0 Å². The highest BCUT2D eigenvalue weighted by Crippen LogP contribution is 2.38. The van der Waals surface area contributed by atoms with Crippen molar-refractivity contribution in [3.8, 4) is 0 Å². The summed E-state index contributed by atoms with van der Waals surface area (Å²) in [6.45, 7) is 2.59. The van der Waals surface area contributed by atoms with Crippen LogP contribution in [-0.2, 0) is 4.79 Å². The largest absolute Gasteiger partial charge is 0.481 e. The molecule has 1 aliphatic heterocycles. The summed E-state index contributed by atoms with van der Waals surface area (Å²) in [6, 6.07) is -0.258. The summed E-state index contributed by atoms with van der Waals surface area (Å²) in [6.07, 6.45) is 5.63. The third kappa shape index (κ3) is 3.31. The SMILES string of the molecule is CC1(C(=O)O)CCCC1NC(=O)N1CCCC1CCCO. The second kappa shape index (κ2) is 6.64. The molecule has 1 saturated heterocycles. The molecule has 3 atom stereocenters. The molecule has 3 N–H and O–H groups in total. The number of carboxylic acids is 1. The van der Waals surface area contributed by atoms with Crippen LogP contribution in [0.25, 0.3) is 0 Å². The predicted molar refractivity (Wildman–Crippen MR) is 78.0 cm³/mol. The van der Waals surface area contributed by atoms with Crippen molar-refractivity contribution < 1.29 is 19.8 Å². The van der Waals surface area contributed by atoms with E-state index in [1.165, 1.54) is 0 Å². The number of nitrogens with zero attached hydrogens (tertiary/aromatic N) is 1. The average molecular weight is 298 g/mol. The molecule has 2 aliphatic rings. The van der Waals surface area contributed by atoms with E-state index in [0.717, 1.165) is 38.6 Å². The number of rotatable bonds is 5. The molecule has 0 aromatic carbocycles. The first kappa shape index (κ1) is 16.1. The molecule has 0 radical (unpaired) electrons. The van der Waals surface area contributed by atoms with Gasteiger partial charge in [-0.3, -0.25) is 4.79 Å². The van der Waals surface area contributed by atoms with Crippen LogP contribution in [0.5, 0.6) is 0 Å². The standard InChI is InChI=1S/C15H26N2O4/c1-15(13(19)20)8-2-7-12(15)16-14(21)17-9-3-5-11(17)6-4-10-18/h11-12,18H,2-10H2,1H3,(H,16,21)(H,19,20). The van der Waals surface area contributed by atoms with Gasteiger partial charge >= 0.3 is 12.0 Å². The van der Waals surface area contributed by atoms with Gasteiger partial charge in [0.1, 0.15) is 0 Å². The van der Waals surface area contributed by atoms with Crippen molar-refractivity contribution in [2.24, 2.45) is 5.41 Å². The lowest BCUT2D eigenvalue weighted by atomic mass is 9.85. The van der Waals surface area contributed by atoms with Crippen molar-refractivity contribution >= 4 is 12.0 Å². The summed E-state index contributed by atoms with van der Waals surface area (Å²) in [4.78, 5) is 25.7. The topological polar surface area (TPSA) is 89.9 Å². The van der Waals surface area contributed by atoms with E-state index in [0.29, 0.717) is 12.8 Å². The molecule has 2 amide bonds. The number of carbonyl (C=O) groups excluding carboxylic acids is 1. The van der Waals surface area contributed by atoms with E-state index in [-0.39, 0.29) is 24.7 Å². The highest BCUT2D eigenvalue weighted by molar-refractivity contribution is 5.79. The molecular weight excluding hydrogens is 272 g/mol. The molecule has 3 unspecified atom stereocenters. The first-order chi connectivity index (χ1) is 9.99. The summed E-state index contributed by atoms with van der Waals surface area (Å²) in [5, 5.41) is 21.3. The number of nitrogens with one attached hydrogen (secondary N) is 1. The maximum atomic E-state index is 12.4. The second-order valence-corrected chi connectivity index (χ2v) is 6.47. The molecule has 1 aliphatic carbocycles. The van der Waals surface area contributed by atoms with E-state index in [4.69, 9.17) is 5.11 Å². The number of aliphatic hydroxyl groups excluding tert-OH is 1. The van der Waals surface area contributed by atoms with Crippen LogP contribution < -0.4 is 5.32 Å². The fourth-order valence-electron chi connectivity index (χ4n) is 3.62. The number of carboxylic acid groups (broad SMARTS) is 1. The van der Waals surface area contributed by atoms with E-state index in [9.17, 15) is 14.7 Å². The minimum Gasteiger partial charge on any atom is -0.481 e. The van der Waals surface area contributed by atoms with Crippen LogP contribution in [0.3, 0.4) is 0 Å². The molecule has 120 valence electrons. The first-order valence-electron chi connectivity index (χ1n) is 7.90. The predicted octanol–water partition coefficient (Wildman–Crippen LogP) is 1.58. The Bertz CT molecular complexity index is 401. The number of aliphatic hydroxyl groups is 1. The second-order valence-electron chi connectivity index (χ2n) is 6.47. The number of carbonyl (C=O) groups is 2. The van der Waals surface area contributed by atoms with E-state index >= 15 is 0 Å². The number of hydrogen-bond acceptors (Lipinski definition) is 3. The quantitative estimate of drug-likeness (QED) is 0.719. The number of urea groups is 1. The summed E-state index contributed by atoms with van der Waals surface area (Å²) in [5.74, 6) is -0.830. The molecule has 0 bridgehead atoms. The van der Waals surface area contributed by atoms with Gasteiger partial charge < -0.3 is 20.4 Å². The Labute approximate surface area is 125 Å². The van der Waals surface area contributed by atoms with Crippen molar-refractivity contribution in [2.75, 3.05) is 13.2 Å². The van der Waals surface area contributed by atoms with Crippen LogP contribution in [0.15, 0.2) is 0 Å². The average Bonchev–Trinajstić information content (AvgIpc) is 3.04. The normalized spacial score (nSPS) is 32.4. The fraction of sp³-hybridized carbons (Fsp3) is 0.867. The van der Waals surface area contributed by atoms with Gasteiger partial charge in [-0.2, -0.15) is 0 Å². The zero-order valence-corrected chi connectivity index (χ0v) is 12.7. The van der Waals surface area contributed by atoms with Crippen LogP contribution in [0.2, 0.25) is 0 Å². The minimum atomic E-state index is -0.851. The van der Waals surface area contributed by atoms with Gasteiger partial charge in [0.2, 0.25) is 0 Å². The Morgan fingerprint density at radius 2 is 2.10 bits per heavy atom. The molecule has 21 heavy (non-hydrogen) atoms. The van der Waals surface area contributed by atoms with E-state index in [1.807, 2.05) is 4.90 Å². The van der Waals surface area contributed by atoms with Crippen molar-refractivity contribution in [1.82, 2.24) is 10.2 Å². The Morgan fingerprint density at radius 3 is 2.76 bits per heavy atom. The van der Waals surface area contributed by atoms with Gasteiger partial charge in [-0.15, -0.1) is 0 Å². The fourth-order valence-corrected chi connectivity index (χ4v) is 3.62. The molecule has 2 fully saturated rings. The number of amides is 2. The molecule has 0 aromatic rings. The van der Waals surface area contributed by atoms with Crippen LogP contribution >= 0.6 is 0 Å². The van der Waals surface area contributed by atoms with E-state index in [1.54, 1.807) is 6.92 Å². The number of likely N-dealkylation sites (tertiary alicyclic amines) is 1. The van der Waals surface area contributed by atoms with E-state index < -0.39 is 11.4 Å². The highest BCUT2D eigenvalue weighted by atomic mass is 16.4. The smallest absolute Gasteiger partial charge is 0.317 e. The Morgan fingerprint density at radius 1 is 1.33 bits per heavy atom. The van der Waals surface area contributed by atoms with Gasteiger partial charge in [0.05, 0.1) is 5.41 Å². The monoisotopic (exact) mass is 298 g/mol. The Hall–Kier alpha value is -1.30. The molecule has 1 saturated carbocycles. The zero-order valence-electron chi connectivity index (χ0n) is 12.7. The van der Waals surface area contributed by atoms with Crippen LogP contribution in [0.1, 0.15) is 51.9 Å². The Balaban J connectivity index is 1.96. The first-order valence-corrected chi connectivity index (χ1v) is 7.90. The van der Waals surface area contributed by atoms with Crippen molar-refractivity contribution in [3.63, 3.8) is 0 Å². The summed E-state index contributed by atoms with van der Waals surface area (Å²) < 4.78 is 0. The molecule has 0 aromatic heterocycles. The van der Waals surface area contributed by atoms with Gasteiger partial charge in [-0.25, -0.2) is 4.79 Å². The summed E-state index contributed by atoms with van der Waals surface area (Å²) in [7, 11) is 0. The maximum Gasteiger partial charge on any atom is 0.317 e. The third-order valence-corrected chi connectivity index (χ3v) is 5.08. The highest BCUT2D eigenvalue weighted by Gasteiger charge is 2.46. The zero-order chi connectivity index (χ0) is 15.5. The maximum absolute atomic E-state index is 12.4. The van der Waals surface area contributed by atoms with Crippen LogP contribution in [-0.4, -0.2) is 52.3 Å².